The topological polar surface area (TPSA) is 32.3 Å². The van der Waals surface area contributed by atoms with Crippen LogP contribution >= 0.6 is 11.8 Å². The van der Waals surface area contributed by atoms with Crippen LogP contribution in [0.4, 0.5) is 0 Å². The van der Waals surface area contributed by atoms with Crippen molar-refractivity contribution in [2.75, 3.05) is 7.05 Å². The van der Waals surface area contributed by atoms with E-state index in [1.54, 1.807) is 19.2 Å². The van der Waals surface area contributed by atoms with E-state index in [9.17, 15) is 0 Å². The molecule has 0 aromatic heterocycles. The standard InChI is InChI=1S/C12H16BNOS/c1-8(6-12(13)14-5)11(4)16-10(3)7-9(2)15/h6-7,14-15H,1-2,4H2,3,5H3/b10-7+,12-6-. The molecule has 2 nitrogen and oxygen atoms in total. The van der Waals surface area contributed by atoms with Crippen molar-refractivity contribution in [1.29, 1.82) is 0 Å². The number of hydrogen-bond donors (Lipinski definition) is 2. The van der Waals surface area contributed by atoms with Gasteiger partial charge in [-0.05, 0) is 35.2 Å². The molecule has 84 valence electrons. The summed E-state index contributed by atoms with van der Waals surface area (Å²) in [6.45, 7) is 13.0. The van der Waals surface area contributed by atoms with Crippen LogP contribution in [-0.4, -0.2) is 20.0 Å². The van der Waals surface area contributed by atoms with Crippen LogP contribution in [0, 0.1) is 0 Å². The molecule has 0 amide bonds. The summed E-state index contributed by atoms with van der Waals surface area (Å²) in [4.78, 5) is 1.66. The zero-order chi connectivity index (χ0) is 12.7. The molecule has 0 aliphatic rings. The zero-order valence-corrected chi connectivity index (χ0v) is 10.5. The molecule has 0 spiro atoms. The average molecular weight is 233 g/mol. The first-order chi connectivity index (χ1) is 7.36. The molecule has 2 N–H and O–H groups in total. The Morgan fingerprint density at radius 2 is 1.88 bits per heavy atom. The molecule has 0 aromatic rings. The fourth-order valence-electron chi connectivity index (χ4n) is 0.864. The van der Waals surface area contributed by atoms with Crippen LogP contribution in [0.1, 0.15) is 6.92 Å². The number of rotatable bonds is 6. The van der Waals surface area contributed by atoms with E-state index in [4.69, 9.17) is 13.0 Å². The summed E-state index contributed by atoms with van der Waals surface area (Å²) >= 11 is 1.41. The van der Waals surface area contributed by atoms with Crippen molar-refractivity contribution in [2.45, 2.75) is 6.92 Å². The Morgan fingerprint density at radius 3 is 2.31 bits per heavy atom. The lowest BCUT2D eigenvalue weighted by molar-refractivity contribution is 0.435. The SMILES string of the molecule is [B]/C(=C/C(=C)C(=C)S/C(C)=C/C(=C)O)NC. The van der Waals surface area contributed by atoms with Crippen molar-refractivity contribution < 1.29 is 5.11 Å². The summed E-state index contributed by atoms with van der Waals surface area (Å²) in [7, 11) is 7.33. The fourth-order valence-corrected chi connectivity index (χ4v) is 1.64. The van der Waals surface area contributed by atoms with Crippen LogP contribution in [0.25, 0.3) is 0 Å². The van der Waals surface area contributed by atoms with E-state index in [1.807, 2.05) is 6.92 Å². The van der Waals surface area contributed by atoms with Gasteiger partial charge in [-0.3, -0.25) is 0 Å². The van der Waals surface area contributed by atoms with Gasteiger partial charge in [-0.2, -0.15) is 0 Å². The maximum atomic E-state index is 8.98. The molecule has 0 unspecified atom stereocenters. The van der Waals surface area contributed by atoms with Gasteiger partial charge in [-0.15, -0.1) is 0 Å². The van der Waals surface area contributed by atoms with E-state index >= 15 is 0 Å². The van der Waals surface area contributed by atoms with Crippen LogP contribution in [0.15, 0.2) is 58.6 Å². The highest BCUT2D eigenvalue weighted by molar-refractivity contribution is 8.06. The minimum Gasteiger partial charge on any atom is -0.509 e. The predicted molar refractivity (Wildman–Crippen MR) is 74.3 cm³/mol. The molecule has 0 aromatic carbocycles. The minimum atomic E-state index is 0.0219. The Balaban J connectivity index is 4.49. The average Bonchev–Trinajstić information content (AvgIpc) is 2.15. The fraction of sp³-hybridized carbons (Fsp3) is 0.167. The highest BCUT2D eigenvalue weighted by atomic mass is 32.2. The predicted octanol–water partition coefficient (Wildman–Crippen LogP) is 2.99. The van der Waals surface area contributed by atoms with Crippen molar-refractivity contribution in [3.05, 3.63) is 58.6 Å². The Bertz CT molecular complexity index is 369. The molecule has 0 atom stereocenters. The van der Waals surface area contributed by atoms with Gasteiger partial charge >= 0.3 is 0 Å². The number of nitrogens with one attached hydrogen (secondary N) is 1. The number of thioether (sulfide) groups is 1. The second-order valence-electron chi connectivity index (χ2n) is 3.15. The van der Waals surface area contributed by atoms with Crippen molar-refractivity contribution in [2.24, 2.45) is 0 Å². The van der Waals surface area contributed by atoms with Gasteiger partial charge < -0.3 is 10.4 Å². The second-order valence-corrected chi connectivity index (χ2v) is 4.49. The molecule has 0 rings (SSSR count). The van der Waals surface area contributed by atoms with Crippen LogP contribution in [0.3, 0.4) is 0 Å². The van der Waals surface area contributed by atoms with Crippen molar-refractivity contribution in [1.82, 2.24) is 5.32 Å². The summed E-state index contributed by atoms with van der Waals surface area (Å²) in [5.74, 6) is 0.0219. The van der Waals surface area contributed by atoms with E-state index in [2.05, 4.69) is 25.1 Å². The van der Waals surface area contributed by atoms with Crippen LogP contribution in [0.2, 0.25) is 0 Å². The van der Waals surface area contributed by atoms with Gasteiger partial charge in [-0.25, -0.2) is 0 Å². The monoisotopic (exact) mass is 233 g/mol. The van der Waals surface area contributed by atoms with Gasteiger partial charge in [0.2, 0.25) is 0 Å². The first-order valence-electron chi connectivity index (χ1n) is 4.64. The van der Waals surface area contributed by atoms with Gasteiger partial charge in [0.25, 0.3) is 0 Å². The van der Waals surface area contributed by atoms with Gasteiger partial charge in [0, 0.05) is 12.0 Å². The molecule has 0 saturated carbocycles. The third-order valence-electron chi connectivity index (χ3n) is 1.63. The maximum Gasteiger partial charge on any atom is 0.137 e. The number of aliphatic hydroxyl groups excluding tert-OH is 1. The van der Waals surface area contributed by atoms with Gasteiger partial charge in [0.05, 0.1) is 0 Å². The molecule has 0 heterocycles. The highest BCUT2D eigenvalue weighted by Gasteiger charge is 2.00. The molecule has 2 radical (unpaired) electrons. The molecule has 0 aliphatic heterocycles. The normalized spacial score (nSPS) is 12.1. The second kappa shape index (κ2) is 7.07. The number of hydrogen-bond acceptors (Lipinski definition) is 3. The van der Waals surface area contributed by atoms with Gasteiger partial charge in [0.15, 0.2) is 0 Å². The van der Waals surface area contributed by atoms with E-state index < -0.39 is 0 Å². The Hall–Kier alpha value is -1.29. The summed E-state index contributed by atoms with van der Waals surface area (Å²) in [5, 5.41) is 11.8. The van der Waals surface area contributed by atoms with Gasteiger partial charge in [-0.1, -0.05) is 31.5 Å². The molecule has 16 heavy (non-hydrogen) atoms. The first-order valence-corrected chi connectivity index (χ1v) is 5.45. The van der Waals surface area contributed by atoms with E-state index in [-0.39, 0.29) is 5.76 Å². The smallest absolute Gasteiger partial charge is 0.137 e. The minimum absolute atomic E-state index is 0.0219. The molecule has 0 bridgehead atoms. The Morgan fingerprint density at radius 1 is 1.31 bits per heavy atom. The van der Waals surface area contributed by atoms with Crippen molar-refractivity contribution in [3.8, 4) is 0 Å². The molecule has 0 aliphatic carbocycles. The maximum absolute atomic E-state index is 8.98. The Labute approximate surface area is 103 Å². The van der Waals surface area contributed by atoms with Crippen molar-refractivity contribution in [3.63, 3.8) is 0 Å². The van der Waals surface area contributed by atoms with Crippen molar-refractivity contribution >= 4 is 19.6 Å². The van der Waals surface area contributed by atoms with Crippen LogP contribution < -0.4 is 5.32 Å². The molecular weight excluding hydrogens is 217 g/mol. The molecular formula is C12H16BNOS. The van der Waals surface area contributed by atoms with E-state index in [1.165, 1.54) is 11.8 Å². The summed E-state index contributed by atoms with van der Waals surface area (Å²) in [6, 6.07) is 0. The third-order valence-corrected chi connectivity index (χ3v) is 2.58. The lowest BCUT2D eigenvalue weighted by Crippen LogP contribution is -2.05. The van der Waals surface area contributed by atoms with E-state index in [0.29, 0.717) is 5.60 Å². The van der Waals surface area contributed by atoms with Crippen LogP contribution in [-0.2, 0) is 0 Å². The van der Waals surface area contributed by atoms with Crippen LogP contribution in [0.5, 0.6) is 0 Å². The van der Waals surface area contributed by atoms with Gasteiger partial charge in [0.1, 0.15) is 13.6 Å². The summed E-state index contributed by atoms with van der Waals surface area (Å²) < 4.78 is 0. The highest BCUT2D eigenvalue weighted by Crippen LogP contribution is 2.29. The number of aliphatic hydroxyl groups is 1. The Kier molecular flexibility index (Phi) is 6.50. The van der Waals surface area contributed by atoms with E-state index in [0.717, 1.165) is 15.4 Å². The number of allylic oxidation sites excluding steroid dienone is 4. The lowest BCUT2D eigenvalue weighted by atomic mass is 10.0. The molecule has 4 heteroatoms. The first kappa shape index (κ1) is 14.7. The molecule has 0 fully saturated rings. The quantitative estimate of drug-likeness (QED) is 0.420. The molecule has 0 saturated heterocycles. The third kappa shape index (κ3) is 6.25. The largest absolute Gasteiger partial charge is 0.509 e. The summed E-state index contributed by atoms with van der Waals surface area (Å²) in [6.07, 6.45) is 3.27. The summed E-state index contributed by atoms with van der Waals surface area (Å²) in [5.41, 5.74) is 1.26. The lowest BCUT2D eigenvalue weighted by Gasteiger charge is -2.07. The zero-order valence-electron chi connectivity index (χ0n) is 9.71.